The first-order valence-electron chi connectivity index (χ1n) is 3.63. The maximum Gasteiger partial charge on any atom is 0.329 e. The second-order valence-electron chi connectivity index (χ2n) is 2.41. The summed E-state index contributed by atoms with van der Waals surface area (Å²) in [5, 5.41) is -1.48. The predicted molar refractivity (Wildman–Crippen MR) is 50.1 cm³/mol. The molecule has 0 atom stereocenters. The zero-order valence-corrected chi connectivity index (χ0v) is 7.82. The van der Waals surface area contributed by atoms with Crippen LogP contribution in [0.5, 0.6) is 0 Å². The number of sulfonamides is 1. The van der Waals surface area contributed by atoms with Crippen molar-refractivity contribution in [2.75, 3.05) is 4.72 Å². The van der Waals surface area contributed by atoms with Crippen LogP contribution in [0.4, 0.5) is 5.69 Å². The van der Waals surface area contributed by atoms with Crippen LogP contribution in [0.2, 0.25) is 0 Å². The molecule has 0 aliphatic rings. The molecule has 0 fully saturated rings. The summed E-state index contributed by atoms with van der Waals surface area (Å²) in [7, 11) is -4.22. The Hall–Kier alpha value is -1.69. The van der Waals surface area contributed by atoms with E-state index >= 15 is 0 Å². The molecule has 14 heavy (non-hydrogen) atoms. The first-order chi connectivity index (χ1) is 6.56. The van der Waals surface area contributed by atoms with E-state index in [-0.39, 0.29) is 12.0 Å². The fourth-order valence-electron chi connectivity index (χ4n) is 0.775. The van der Waals surface area contributed by atoms with Crippen molar-refractivity contribution in [2.24, 2.45) is 0 Å². The molecular weight excluding hydrogens is 206 g/mol. The molecule has 1 rings (SSSR count). The summed E-state index contributed by atoms with van der Waals surface area (Å²) in [6.07, 6.45) is -0.245. The average Bonchev–Trinajstić information content (AvgIpc) is 2.17. The molecular formula is C8H7NO4S. The van der Waals surface area contributed by atoms with E-state index in [1.165, 1.54) is 12.1 Å². The molecule has 1 aromatic rings. The molecule has 0 aliphatic heterocycles. The largest absolute Gasteiger partial charge is 0.329 e. The Kier molecular flexibility index (Phi) is 2.98. The molecule has 0 heterocycles. The fourth-order valence-corrected chi connectivity index (χ4v) is 1.45. The van der Waals surface area contributed by atoms with E-state index in [0.717, 1.165) is 0 Å². The smallest absolute Gasteiger partial charge is 0.293 e. The van der Waals surface area contributed by atoms with E-state index in [2.05, 4.69) is 0 Å². The number of aldehydes is 1. The lowest BCUT2D eigenvalue weighted by molar-refractivity contribution is -0.124. The highest BCUT2D eigenvalue weighted by atomic mass is 32.2. The van der Waals surface area contributed by atoms with Crippen LogP contribution in [-0.4, -0.2) is 19.8 Å². The Balaban J connectivity index is 2.90. The SMILES string of the molecule is O=CC(=O)S(=O)(=O)Nc1ccccc1. The summed E-state index contributed by atoms with van der Waals surface area (Å²) in [4.78, 5) is 20.6. The molecule has 1 aromatic carbocycles. The number of rotatable bonds is 3. The molecule has 0 unspecified atom stereocenters. The van der Waals surface area contributed by atoms with Crippen LogP contribution >= 0.6 is 0 Å². The zero-order valence-electron chi connectivity index (χ0n) is 7.01. The molecule has 0 aromatic heterocycles. The van der Waals surface area contributed by atoms with Gasteiger partial charge in [-0.2, -0.15) is 8.42 Å². The maximum atomic E-state index is 11.0. The van der Waals surface area contributed by atoms with Gasteiger partial charge in [0, 0.05) is 5.69 Å². The minimum absolute atomic E-state index is 0.239. The Morgan fingerprint density at radius 3 is 2.29 bits per heavy atom. The van der Waals surface area contributed by atoms with Crippen LogP contribution in [0, 0.1) is 0 Å². The molecule has 0 amide bonds. The van der Waals surface area contributed by atoms with Crippen molar-refractivity contribution in [3.63, 3.8) is 0 Å². The van der Waals surface area contributed by atoms with Crippen LogP contribution in [0.3, 0.4) is 0 Å². The summed E-state index contributed by atoms with van der Waals surface area (Å²) < 4.78 is 24.0. The zero-order chi connectivity index (χ0) is 10.6. The van der Waals surface area contributed by atoms with E-state index in [1.54, 1.807) is 18.2 Å². The number of benzene rings is 1. The molecule has 5 nitrogen and oxygen atoms in total. The molecule has 0 saturated heterocycles. The summed E-state index contributed by atoms with van der Waals surface area (Å²) >= 11 is 0. The Morgan fingerprint density at radius 1 is 1.21 bits per heavy atom. The van der Waals surface area contributed by atoms with Crippen LogP contribution in [-0.2, 0) is 19.6 Å². The van der Waals surface area contributed by atoms with Crippen molar-refractivity contribution in [1.29, 1.82) is 0 Å². The number of para-hydroxylation sites is 1. The van der Waals surface area contributed by atoms with Crippen molar-refractivity contribution >= 4 is 27.1 Å². The van der Waals surface area contributed by atoms with Gasteiger partial charge in [-0.15, -0.1) is 0 Å². The van der Waals surface area contributed by atoms with Crippen molar-refractivity contribution in [2.45, 2.75) is 0 Å². The minimum atomic E-state index is -4.22. The minimum Gasteiger partial charge on any atom is -0.293 e. The third kappa shape index (κ3) is 2.40. The van der Waals surface area contributed by atoms with Gasteiger partial charge in [-0.05, 0) is 12.1 Å². The summed E-state index contributed by atoms with van der Waals surface area (Å²) in [6, 6.07) is 7.83. The van der Waals surface area contributed by atoms with Gasteiger partial charge in [0.25, 0.3) is 0 Å². The number of nitrogens with one attached hydrogen (secondary N) is 1. The van der Waals surface area contributed by atoms with Gasteiger partial charge in [0.15, 0.2) is 0 Å². The van der Waals surface area contributed by atoms with Gasteiger partial charge in [0.2, 0.25) is 6.29 Å². The normalized spacial score (nSPS) is 10.6. The van der Waals surface area contributed by atoms with Crippen LogP contribution in [0.25, 0.3) is 0 Å². The highest BCUT2D eigenvalue weighted by molar-refractivity contribution is 8.08. The molecule has 1 N–H and O–H groups in total. The van der Waals surface area contributed by atoms with E-state index in [0.29, 0.717) is 0 Å². The highest BCUT2D eigenvalue weighted by Gasteiger charge is 2.20. The van der Waals surface area contributed by atoms with Crippen molar-refractivity contribution in [1.82, 2.24) is 0 Å². The number of hydrogen-bond acceptors (Lipinski definition) is 4. The standard InChI is InChI=1S/C8H7NO4S/c10-6-8(11)14(12,13)9-7-4-2-1-3-5-7/h1-6,9H. The van der Waals surface area contributed by atoms with E-state index in [4.69, 9.17) is 0 Å². The third-order valence-corrected chi connectivity index (χ3v) is 2.52. The van der Waals surface area contributed by atoms with E-state index in [1.807, 2.05) is 4.72 Å². The molecule has 0 aliphatic carbocycles. The lowest BCUT2D eigenvalue weighted by atomic mass is 10.3. The molecule has 0 bridgehead atoms. The molecule has 74 valence electrons. The Morgan fingerprint density at radius 2 is 1.79 bits per heavy atom. The van der Waals surface area contributed by atoms with Gasteiger partial charge in [-0.1, -0.05) is 18.2 Å². The highest BCUT2D eigenvalue weighted by Crippen LogP contribution is 2.07. The monoisotopic (exact) mass is 213 g/mol. The first kappa shape index (κ1) is 10.4. The lowest BCUT2D eigenvalue weighted by Crippen LogP contribution is -2.23. The van der Waals surface area contributed by atoms with Gasteiger partial charge >= 0.3 is 15.1 Å². The first-order valence-corrected chi connectivity index (χ1v) is 5.11. The Labute approximate surface area is 80.8 Å². The predicted octanol–water partition coefficient (Wildman–Crippen LogP) is 0.154. The number of carbonyl (C=O) groups excluding carboxylic acids is 2. The van der Waals surface area contributed by atoms with Crippen LogP contribution in [0.1, 0.15) is 0 Å². The molecule has 0 radical (unpaired) electrons. The van der Waals surface area contributed by atoms with Gasteiger partial charge < -0.3 is 0 Å². The van der Waals surface area contributed by atoms with Gasteiger partial charge in [0.1, 0.15) is 0 Å². The van der Waals surface area contributed by atoms with Crippen molar-refractivity contribution in [3.8, 4) is 0 Å². The van der Waals surface area contributed by atoms with Gasteiger partial charge in [0.05, 0.1) is 0 Å². The summed E-state index contributed by atoms with van der Waals surface area (Å²) in [6.45, 7) is 0. The van der Waals surface area contributed by atoms with Gasteiger partial charge in [-0.25, -0.2) is 0 Å². The fraction of sp³-hybridized carbons (Fsp3) is 0. The van der Waals surface area contributed by atoms with Crippen LogP contribution < -0.4 is 4.72 Å². The number of hydrogen-bond donors (Lipinski definition) is 1. The second-order valence-corrected chi connectivity index (χ2v) is 4.02. The van der Waals surface area contributed by atoms with Crippen molar-refractivity contribution in [3.05, 3.63) is 30.3 Å². The Bertz CT molecular complexity index is 438. The molecule has 0 saturated carbocycles. The third-order valence-electron chi connectivity index (χ3n) is 1.39. The van der Waals surface area contributed by atoms with E-state index < -0.39 is 15.1 Å². The van der Waals surface area contributed by atoms with Crippen molar-refractivity contribution < 1.29 is 18.0 Å². The second kappa shape index (κ2) is 4.01. The molecule has 0 spiro atoms. The maximum absolute atomic E-state index is 11.0. The molecule has 6 heteroatoms. The average molecular weight is 213 g/mol. The number of anilines is 1. The number of carbonyl (C=O) groups is 2. The summed E-state index contributed by atoms with van der Waals surface area (Å²) in [5.74, 6) is 0. The van der Waals surface area contributed by atoms with Gasteiger partial charge in [-0.3, -0.25) is 14.3 Å². The summed E-state index contributed by atoms with van der Waals surface area (Å²) in [5.41, 5.74) is 0.239. The van der Waals surface area contributed by atoms with E-state index in [9.17, 15) is 18.0 Å². The topological polar surface area (TPSA) is 80.3 Å². The lowest BCUT2D eigenvalue weighted by Gasteiger charge is -2.02. The quantitative estimate of drug-likeness (QED) is 0.572. The van der Waals surface area contributed by atoms with Crippen LogP contribution in [0.15, 0.2) is 30.3 Å².